The molecule has 0 radical (unpaired) electrons. The van der Waals surface area contributed by atoms with Gasteiger partial charge in [0.25, 0.3) is 0 Å². The summed E-state index contributed by atoms with van der Waals surface area (Å²) in [4.78, 5) is 32.2. The van der Waals surface area contributed by atoms with Crippen LogP contribution in [0.5, 0.6) is 0 Å². The second-order valence-electron chi connectivity index (χ2n) is 9.18. The zero-order valence-electron chi connectivity index (χ0n) is 19.9. The molecule has 9 nitrogen and oxygen atoms in total. The van der Waals surface area contributed by atoms with Crippen molar-refractivity contribution in [3.8, 4) is 11.3 Å². The van der Waals surface area contributed by atoms with Crippen LogP contribution >= 0.6 is 24.0 Å². The highest BCUT2D eigenvalue weighted by Gasteiger charge is 2.30. The third-order valence-corrected chi connectivity index (χ3v) is 6.51. The van der Waals surface area contributed by atoms with Gasteiger partial charge in [-0.3, -0.25) is 19.4 Å². The summed E-state index contributed by atoms with van der Waals surface area (Å²) in [5.41, 5.74) is 2.87. The van der Waals surface area contributed by atoms with Crippen LogP contribution in [0.2, 0.25) is 5.02 Å². The summed E-state index contributed by atoms with van der Waals surface area (Å²) in [6.07, 6.45) is 3.33. The number of aromatic nitrogens is 3. The van der Waals surface area contributed by atoms with Gasteiger partial charge >= 0.3 is 0 Å². The molecule has 192 valence electrons. The molecule has 2 aliphatic heterocycles. The first-order valence-corrected chi connectivity index (χ1v) is 11.8. The molecule has 36 heavy (non-hydrogen) atoms. The lowest BCUT2D eigenvalue weighted by molar-refractivity contribution is -0.151. The van der Waals surface area contributed by atoms with Gasteiger partial charge in [0.2, 0.25) is 11.8 Å². The lowest BCUT2D eigenvalue weighted by Gasteiger charge is -2.29. The Morgan fingerprint density at radius 3 is 2.67 bits per heavy atom. The summed E-state index contributed by atoms with van der Waals surface area (Å²) < 4.78 is 22.8. The van der Waals surface area contributed by atoms with E-state index in [1.54, 1.807) is 28.7 Å². The molecule has 2 aliphatic rings. The monoisotopic (exact) mass is 536 g/mol. The first-order valence-electron chi connectivity index (χ1n) is 11.5. The fraction of sp³-hybridized carbons (Fsp3) is 0.417. The number of hydrogen-bond acceptors (Lipinski definition) is 7. The van der Waals surface area contributed by atoms with Gasteiger partial charge in [-0.2, -0.15) is 5.10 Å². The molecule has 0 aliphatic carbocycles. The van der Waals surface area contributed by atoms with E-state index in [-0.39, 0.29) is 61.1 Å². The Morgan fingerprint density at radius 1 is 1.19 bits per heavy atom. The molecule has 3 aromatic rings. The van der Waals surface area contributed by atoms with E-state index in [2.05, 4.69) is 15.4 Å². The minimum Gasteiger partial charge on any atom is -0.372 e. The Hall–Kier alpha value is -2.63. The van der Waals surface area contributed by atoms with Crippen molar-refractivity contribution in [2.45, 2.75) is 32.1 Å². The molecule has 0 spiro atoms. The second-order valence-corrected chi connectivity index (χ2v) is 9.61. The highest BCUT2D eigenvalue weighted by Crippen LogP contribution is 2.33. The molecular formula is C24H27Cl2FN6O3. The maximum absolute atomic E-state index is 15.2. The van der Waals surface area contributed by atoms with Crippen LogP contribution in [-0.4, -0.2) is 81.6 Å². The summed E-state index contributed by atoms with van der Waals surface area (Å²) in [6, 6.07) is 4.81. The van der Waals surface area contributed by atoms with Crippen molar-refractivity contribution < 1.29 is 18.7 Å². The van der Waals surface area contributed by atoms with Crippen LogP contribution in [0.1, 0.15) is 18.1 Å². The number of amides is 2. The molecule has 0 bridgehead atoms. The SMILES string of the molecule is C[C@H]1CNCC(Cc2c(F)cc(Cl)cc2-c2ncnn3cc(CN4C(=O)CN(C)CC4=O)cc23)O1.Cl. The zero-order chi connectivity index (χ0) is 24.7. The smallest absolute Gasteiger partial charge is 0.243 e. The maximum atomic E-state index is 15.2. The summed E-state index contributed by atoms with van der Waals surface area (Å²) in [6.45, 7) is 3.85. The Kier molecular flexibility index (Phi) is 7.91. The van der Waals surface area contributed by atoms with Crippen molar-refractivity contribution >= 4 is 41.3 Å². The van der Waals surface area contributed by atoms with Crippen molar-refractivity contribution in [1.82, 2.24) is 29.7 Å². The topological polar surface area (TPSA) is 92.1 Å². The number of carbonyl (C=O) groups is 2. The van der Waals surface area contributed by atoms with Gasteiger partial charge in [0.05, 0.1) is 43.1 Å². The van der Waals surface area contributed by atoms with Crippen LogP contribution in [0.4, 0.5) is 4.39 Å². The van der Waals surface area contributed by atoms with Gasteiger partial charge in [0.1, 0.15) is 12.1 Å². The first kappa shape index (κ1) is 26.4. The van der Waals surface area contributed by atoms with Gasteiger partial charge in [0.15, 0.2) is 0 Å². The third-order valence-electron chi connectivity index (χ3n) is 6.29. The number of imide groups is 1. The van der Waals surface area contributed by atoms with E-state index < -0.39 is 5.82 Å². The number of rotatable bonds is 5. The van der Waals surface area contributed by atoms with E-state index in [1.165, 1.54) is 17.3 Å². The van der Waals surface area contributed by atoms with E-state index in [9.17, 15) is 9.59 Å². The number of hydrogen-bond donors (Lipinski definition) is 1. The number of morpholine rings is 1. The van der Waals surface area contributed by atoms with Crippen LogP contribution in [0.25, 0.3) is 16.8 Å². The molecule has 2 aromatic heterocycles. The summed E-state index contributed by atoms with van der Waals surface area (Å²) in [5.74, 6) is -0.925. The maximum Gasteiger partial charge on any atom is 0.243 e. The molecule has 2 fully saturated rings. The van der Waals surface area contributed by atoms with Gasteiger partial charge in [0, 0.05) is 41.9 Å². The largest absolute Gasteiger partial charge is 0.372 e. The minimum absolute atomic E-state index is 0. The first-order chi connectivity index (χ1) is 16.8. The van der Waals surface area contributed by atoms with E-state index in [0.717, 1.165) is 12.1 Å². The standard InChI is InChI=1S/C24H26ClFN6O3.ClH/c1-14-7-27-8-17(35-14)6-18-19(4-16(25)5-20(18)26)24-21-3-15(10-32(21)29-13-28-24)9-31-22(33)11-30(2)12-23(31)34;/h3-5,10,13-14,17,27H,6-9,11-12H2,1-2H3;1H/t14-,17?;/m0./s1. The van der Waals surface area contributed by atoms with Crippen LogP contribution in [0.3, 0.4) is 0 Å². The minimum atomic E-state index is -0.425. The fourth-order valence-electron chi connectivity index (χ4n) is 4.71. The number of benzene rings is 1. The molecule has 2 atom stereocenters. The molecule has 1 N–H and O–H groups in total. The molecule has 1 unspecified atom stereocenters. The van der Waals surface area contributed by atoms with Crippen LogP contribution in [0, 0.1) is 5.82 Å². The number of ether oxygens (including phenoxy) is 1. The Morgan fingerprint density at radius 2 is 1.94 bits per heavy atom. The highest BCUT2D eigenvalue weighted by molar-refractivity contribution is 6.31. The Bertz CT molecular complexity index is 1280. The number of halogens is 3. The Labute approximate surface area is 219 Å². The number of nitrogens with zero attached hydrogens (tertiary/aromatic N) is 5. The average molecular weight is 537 g/mol. The number of fused-ring (bicyclic) bond motifs is 1. The number of nitrogens with one attached hydrogen (secondary N) is 1. The molecule has 4 heterocycles. The normalized spacial score (nSPS) is 21.2. The number of piperazine rings is 1. The fourth-order valence-corrected chi connectivity index (χ4v) is 4.91. The van der Waals surface area contributed by atoms with Crippen molar-refractivity contribution in [3.05, 3.63) is 52.7 Å². The number of likely N-dealkylation sites (N-methyl/N-ethyl adjacent to an activating group) is 1. The molecule has 2 saturated heterocycles. The second kappa shape index (κ2) is 10.8. The van der Waals surface area contributed by atoms with Gasteiger partial charge in [-0.05, 0) is 37.7 Å². The molecule has 12 heteroatoms. The van der Waals surface area contributed by atoms with Crippen molar-refractivity contribution in [2.75, 3.05) is 33.2 Å². The van der Waals surface area contributed by atoms with Gasteiger partial charge in [-0.15, -0.1) is 12.4 Å². The number of carbonyl (C=O) groups excluding carboxylic acids is 2. The molecule has 0 saturated carbocycles. The predicted octanol–water partition coefficient (Wildman–Crippen LogP) is 2.33. The summed E-state index contributed by atoms with van der Waals surface area (Å²) >= 11 is 6.25. The van der Waals surface area contributed by atoms with Gasteiger partial charge < -0.3 is 10.1 Å². The van der Waals surface area contributed by atoms with Crippen molar-refractivity contribution in [2.24, 2.45) is 0 Å². The van der Waals surface area contributed by atoms with E-state index in [0.29, 0.717) is 35.3 Å². The molecule has 1 aromatic carbocycles. The zero-order valence-corrected chi connectivity index (χ0v) is 21.5. The van der Waals surface area contributed by atoms with E-state index in [4.69, 9.17) is 16.3 Å². The van der Waals surface area contributed by atoms with Crippen LogP contribution in [-0.2, 0) is 27.3 Å². The van der Waals surface area contributed by atoms with E-state index in [1.807, 2.05) is 13.0 Å². The summed E-state index contributed by atoms with van der Waals surface area (Å²) in [7, 11) is 1.73. The average Bonchev–Trinajstić information content (AvgIpc) is 3.21. The van der Waals surface area contributed by atoms with Crippen molar-refractivity contribution in [3.63, 3.8) is 0 Å². The van der Waals surface area contributed by atoms with Gasteiger partial charge in [-0.1, -0.05) is 11.6 Å². The summed E-state index contributed by atoms with van der Waals surface area (Å²) in [5, 5.41) is 7.85. The van der Waals surface area contributed by atoms with Crippen molar-refractivity contribution in [1.29, 1.82) is 0 Å². The quantitative estimate of drug-likeness (QED) is 0.500. The molecule has 5 rings (SSSR count). The molecular weight excluding hydrogens is 510 g/mol. The van der Waals surface area contributed by atoms with Crippen LogP contribution < -0.4 is 5.32 Å². The van der Waals surface area contributed by atoms with E-state index >= 15 is 4.39 Å². The van der Waals surface area contributed by atoms with Gasteiger partial charge in [-0.25, -0.2) is 13.9 Å². The van der Waals surface area contributed by atoms with Crippen LogP contribution in [0.15, 0.2) is 30.7 Å². The Balaban J connectivity index is 0.00000304. The highest BCUT2D eigenvalue weighted by atomic mass is 35.5. The molecule has 2 amide bonds. The lowest BCUT2D eigenvalue weighted by Crippen LogP contribution is -2.52. The third kappa shape index (κ3) is 5.37. The lowest BCUT2D eigenvalue weighted by atomic mass is 9.97. The predicted molar refractivity (Wildman–Crippen MR) is 135 cm³/mol.